The number of amides is 1. The fourth-order valence-electron chi connectivity index (χ4n) is 3.80. The number of likely N-dealkylation sites (tertiary alicyclic amines) is 1. The molecule has 1 aromatic heterocycles. The number of benzene rings is 1. The number of piperidine rings is 1. The number of methoxy groups -OCH3 is 1. The van der Waals surface area contributed by atoms with Crippen LogP contribution in [0.4, 0.5) is 4.39 Å². The van der Waals surface area contributed by atoms with E-state index in [1.54, 1.807) is 17.0 Å². The molecule has 1 aromatic carbocycles. The minimum absolute atomic E-state index is 0. The summed E-state index contributed by atoms with van der Waals surface area (Å²) in [6.45, 7) is 3.69. The van der Waals surface area contributed by atoms with Crippen LogP contribution in [-0.2, 0) is 13.1 Å². The van der Waals surface area contributed by atoms with E-state index < -0.39 is 5.82 Å². The fourth-order valence-corrected chi connectivity index (χ4v) is 3.80. The van der Waals surface area contributed by atoms with Crippen LogP contribution in [0, 0.1) is 5.82 Å². The second-order valence-corrected chi connectivity index (χ2v) is 6.69. The molecule has 4 rings (SSSR count). The fraction of sp³-hybridized carbons (Fsp3) is 0.500. The van der Waals surface area contributed by atoms with E-state index in [9.17, 15) is 9.18 Å². The van der Waals surface area contributed by atoms with Crippen LogP contribution in [0.25, 0.3) is 0 Å². The van der Waals surface area contributed by atoms with E-state index in [1.807, 2.05) is 0 Å². The Balaban J connectivity index is 0.00000210. The number of nitrogens with one attached hydrogen (secondary N) is 1. The lowest BCUT2D eigenvalue weighted by Crippen LogP contribution is -2.39. The van der Waals surface area contributed by atoms with Gasteiger partial charge in [0.2, 0.25) is 0 Å². The van der Waals surface area contributed by atoms with Gasteiger partial charge in [-0.3, -0.25) is 4.79 Å². The molecule has 2 aromatic rings. The van der Waals surface area contributed by atoms with Gasteiger partial charge in [0.25, 0.3) is 5.91 Å². The number of nitrogens with zero attached hydrogens (tertiary/aromatic N) is 4. The van der Waals surface area contributed by atoms with Crippen molar-refractivity contribution >= 4 is 18.3 Å². The Hall–Kier alpha value is -2.19. The second-order valence-electron chi connectivity index (χ2n) is 6.69. The summed E-state index contributed by atoms with van der Waals surface area (Å²) < 4.78 is 21.5. The monoisotopic (exact) mass is 395 g/mol. The number of hydrogen-bond donors (Lipinski definition) is 1. The van der Waals surface area contributed by atoms with Gasteiger partial charge in [-0.1, -0.05) is 6.07 Å². The number of fused-ring (bicyclic) bond motifs is 1. The van der Waals surface area contributed by atoms with Crippen molar-refractivity contribution in [3.05, 3.63) is 41.2 Å². The van der Waals surface area contributed by atoms with Crippen molar-refractivity contribution in [2.45, 2.75) is 31.8 Å². The first-order chi connectivity index (χ1) is 12.7. The maximum Gasteiger partial charge on any atom is 0.260 e. The van der Waals surface area contributed by atoms with Gasteiger partial charge in [-0.25, -0.2) is 4.39 Å². The first-order valence-corrected chi connectivity index (χ1v) is 8.93. The second kappa shape index (κ2) is 8.22. The molecule has 1 amide bonds. The van der Waals surface area contributed by atoms with Gasteiger partial charge in [-0.05, 0) is 25.0 Å². The van der Waals surface area contributed by atoms with E-state index >= 15 is 0 Å². The molecule has 9 heteroatoms. The average molecular weight is 396 g/mol. The van der Waals surface area contributed by atoms with Crippen molar-refractivity contribution < 1.29 is 13.9 Å². The Labute approximate surface area is 163 Å². The molecule has 1 saturated heterocycles. The predicted octanol–water partition coefficient (Wildman–Crippen LogP) is 1.97. The van der Waals surface area contributed by atoms with Crippen LogP contribution >= 0.6 is 12.4 Å². The molecule has 0 unspecified atom stereocenters. The molecule has 0 spiro atoms. The molecular weight excluding hydrogens is 373 g/mol. The molecule has 1 fully saturated rings. The number of ether oxygens (including phenoxy) is 1. The molecule has 7 nitrogen and oxygen atoms in total. The molecule has 3 heterocycles. The molecule has 1 N–H and O–H groups in total. The zero-order chi connectivity index (χ0) is 18.1. The third kappa shape index (κ3) is 3.64. The van der Waals surface area contributed by atoms with Gasteiger partial charge in [0.15, 0.2) is 0 Å². The lowest BCUT2D eigenvalue weighted by Gasteiger charge is -2.32. The zero-order valence-corrected chi connectivity index (χ0v) is 16.0. The first kappa shape index (κ1) is 19.6. The highest BCUT2D eigenvalue weighted by Gasteiger charge is 2.31. The van der Waals surface area contributed by atoms with Crippen molar-refractivity contribution in [1.82, 2.24) is 25.0 Å². The number of carbonyl (C=O) groups is 1. The van der Waals surface area contributed by atoms with Crippen molar-refractivity contribution in [1.29, 1.82) is 0 Å². The van der Waals surface area contributed by atoms with Gasteiger partial charge in [-0.2, -0.15) is 0 Å². The van der Waals surface area contributed by atoms with Crippen LogP contribution in [0.1, 0.15) is 40.8 Å². The smallest absolute Gasteiger partial charge is 0.260 e. The number of hydrogen-bond acceptors (Lipinski definition) is 5. The highest BCUT2D eigenvalue weighted by Crippen LogP contribution is 2.30. The Morgan fingerprint density at radius 3 is 2.78 bits per heavy atom. The van der Waals surface area contributed by atoms with Crippen LogP contribution < -0.4 is 10.1 Å². The summed E-state index contributed by atoms with van der Waals surface area (Å²) >= 11 is 0. The Morgan fingerprint density at radius 2 is 2.04 bits per heavy atom. The largest absolute Gasteiger partial charge is 0.496 e. The summed E-state index contributed by atoms with van der Waals surface area (Å²) in [5, 5.41) is 11.9. The normalized spacial score (nSPS) is 17.2. The molecule has 27 heavy (non-hydrogen) atoms. The highest BCUT2D eigenvalue weighted by molar-refractivity contribution is 5.97. The van der Waals surface area contributed by atoms with Crippen molar-refractivity contribution in [2.24, 2.45) is 0 Å². The van der Waals surface area contributed by atoms with E-state index in [2.05, 4.69) is 20.1 Å². The lowest BCUT2D eigenvalue weighted by molar-refractivity contribution is 0.0701. The van der Waals surface area contributed by atoms with E-state index in [-0.39, 0.29) is 35.5 Å². The topological polar surface area (TPSA) is 72.3 Å². The molecule has 0 radical (unpaired) electrons. The molecule has 0 bridgehead atoms. The molecule has 0 saturated carbocycles. The minimum atomic E-state index is -0.546. The third-order valence-electron chi connectivity index (χ3n) is 5.21. The first-order valence-electron chi connectivity index (χ1n) is 8.93. The van der Waals surface area contributed by atoms with E-state index in [1.165, 1.54) is 13.2 Å². The molecule has 0 atom stereocenters. The third-order valence-corrected chi connectivity index (χ3v) is 5.21. The summed E-state index contributed by atoms with van der Waals surface area (Å²) in [6, 6.07) is 4.44. The number of carbonyl (C=O) groups excluding carboxylic acids is 1. The van der Waals surface area contributed by atoms with E-state index in [0.717, 1.165) is 44.1 Å². The Kier molecular flexibility index (Phi) is 5.96. The van der Waals surface area contributed by atoms with Crippen LogP contribution in [0.3, 0.4) is 0 Å². The van der Waals surface area contributed by atoms with Crippen molar-refractivity contribution in [2.75, 3.05) is 26.7 Å². The maximum atomic E-state index is 14.2. The molecular formula is C18H23ClFN5O2. The van der Waals surface area contributed by atoms with Crippen LogP contribution in [0.2, 0.25) is 0 Å². The molecule has 2 aliphatic rings. The van der Waals surface area contributed by atoms with E-state index in [4.69, 9.17) is 4.74 Å². The Bertz CT molecular complexity index is 820. The van der Waals surface area contributed by atoms with E-state index in [0.29, 0.717) is 13.1 Å². The zero-order valence-electron chi connectivity index (χ0n) is 15.2. The summed E-state index contributed by atoms with van der Waals surface area (Å²) in [7, 11) is 1.45. The average Bonchev–Trinajstić information content (AvgIpc) is 3.11. The minimum Gasteiger partial charge on any atom is -0.496 e. The summed E-state index contributed by atoms with van der Waals surface area (Å²) in [5.74, 6) is 1.68. The molecule has 2 aliphatic heterocycles. The predicted molar refractivity (Wildman–Crippen MR) is 99.8 cm³/mol. The lowest BCUT2D eigenvalue weighted by atomic mass is 9.95. The summed E-state index contributed by atoms with van der Waals surface area (Å²) in [4.78, 5) is 14.5. The summed E-state index contributed by atoms with van der Waals surface area (Å²) in [5.41, 5.74) is 0.0133. The Morgan fingerprint density at radius 1 is 1.26 bits per heavy atom. The maximum absolute atomic E-state index is 14.2. The summed E-state index contributed by atoms with van der Waals surface area (Å²) in [6.07, 6.45) is 1.60. The van der Waals surface area contributed by atoms with Gasteiger partial charge in [0.1, 0.15) is 28.8 Å². The SMILES string of the molecule is COc1cccc(F)c1C(=O)N1CCC(c2nnc3n2CCNC3)CC1.Cl. The molecule has 0 aliphatic carbocycles. The number of aromatic nitrogens is 3. The van der Waals surface area contributed by atoms with Crippen LogP contribution in [0.15, 0.2) is 18.2 Å². The molecule has 146 valence electrons. The van der Waals surface area contributed by atoms with Crippen LogP contribution in [0.5, 0.6) is 5.75 Å². The quantitative estimate of drug-likeness (QED) is 0.860. The van der Waals surface area contributed by atoms with Gasteiger partial charge in [0.05, 0.1) is 13.7 Å². The standard InChI is InChI=1S/C18H22FN5O2.ClH/c1-26-14-4-2-3-13(19)16(14)18(25)23-8-5-12(6-9-23)17-22-21-15-11-20-7-10-24(15)17;/h2-4,12,20H,5-11H2,1H3;1H. The number of rotatable bonds is 3. The van der Waals surface area contributed by atoms with Gasteiger partial charge >= 0.3 is 0 Å². The van der Waals surface area contributed by atoms with Crippen LogP contribution in [-0.4, -0.2) is 52.3 Å². The van der Waals surface area contributed by atoms with Gasteiger partial charge < -0.3 is 19.5 Å². The van der Waals surface area contributed by atoms with Gasteiger partial charge in [0, 0.05) is 32.1 Å². The number of halogens is 2. The van der Waals surface area contributed by atoms with Crippen molar-refractivity contribution in [3.8, 4) is 5.75 Å². The van der Waals surface area contributed by atoms with Gasteiger partial charge in [-0.15, -0.1) is 22.6 Å². The van der Waals surface area contributed by atoms with Crippen molar-refractivity contribution in [3.63, 3.8) is 0 Å². The highest BCUT2D eigenvalue weighted by atomic mass is 35.5.